The highest BCUT2D eigenvalue weighted by atomic mass is 16.5. The third-order valence-corrected chi connectivity index (χ3v) is 3.84. The highest BCUT2D eigenvalue weighted by Gasteiger charge is 2.41. The normalized spacial score (nSPS) is 23.2. The minimum atomic E-state index is -0.726. The first-order valence-electron chi connectivity index (χ1n) is 6.45. The number of carbonyl (C=O) groups is 1. The monoisotopic (exact) mass is 265 g/mol. The molecule has 0 aliphatic carbocycles. The van der Waals surface area contributed by atoms with Gasteiger partial charge in [0, 0.05) is 13.1 Å². The molecule has 6 heteroatoms. The van der Waals surface area contributed by atoms with Gasteiger partial charge in [0.05, 0.1) is 24.9 Å². The quantitative estimate of drug-likeness (QED) is 0.890. The topological polar surface area (TPSA) is 75.5 Å². The molecule has 1 aliphatic rings. The van der Waals surface area contributed by atoms with E-state index in [4.69, 9.17) is 4.74 Å². The summed E-state index contributed by atoms with van der Waals surface area (Å²) in [5.74, 6) is 0.397. The van der Waals surface area contributed by atoms with Crippen molar-refractivity contribution in [2.75, 3.05) is 25.1 Å². The molecule has 0 radical (unpaired) electrons. The van der Waals surface area contributed by atoms with Crippen molar-refractivity contribution in [2.45, 2.75) is 26.2 Å². The Kier molecular flexibility index (Phi) is 3.87. The van der Waals surface area contributed by atoms with Gasteiger partial charge in [-0.1, -0.05) is 6.92 Å². The van der Waals surface area contributed by atoms with E-state index in [1.165, 1.54) is 13.3 Å². The standard InChI is InChI=1S/C13H19N3O3/c1-3-13(12(17)18)5-4-6-16(9-13)10-7-14-8-11(15-10)19-2/h7-8H,3-6,9H2,1-2H3,(H,17,18). The second-order valence-electron chi connectivity index (χ2n) is 4.88. The van der Waals surface area contributed by atoms with E-state index in [1.807, 2.05) is 11.8 Å². The summed E-state index contributed by atoms with van der Waals surface area (Å²) in [5.41, 5.74) is -0.678. The zero-order valence-electron chi connectivity index (χ0n) is 11.3. The van der Waals surface area contributed by atoms with Crippen molar-refractivity contribution >= 4 is 11.8 Å². The maximum absolute atomic E-state index is 11.5. The van der Waals surface area contributed by atoms with Crippen molar-refractivity contribution in [1.29, 1.82) is 0 Å². The van der Waals surface area contributed by atoms with Crippen molar-refractivity contribution in [3.63, 3.8) is 0 Å². The van der Waals surface area contributed by atoms with E-state index < -0.39 is 11.4 Å². The molecule has 1 N–H and O–H groups in total. The number of methoxy groups -OCH3 is 1. The molecular formula is C13H19N3O3. The third-order valence-electron chi connectivity index (χ3n) is 3.84. The number of anilines is 1. The number of carboxylic acids is 1. The Labute approximate surface area is 112 Å². The van der Waals surface area contributed by atoms with Crippen LogP contribution in [-0.4, -0.2) is 41.2 Å². The lowest BCUT2D eigenvalue weighted by Crippen LogP contribution is -2.48. The number of hydrogen-bond donors (Lipinski definition) is 1. The summed E-state index contributed by atoms with van der Waals surface area (Å²) in [6.07, 6.45) is 5.37. The molecule has 1 aliphatic heterocycles. The Bertz CT molecular complexity index is 466. The van der Waals surface area contributed by atoms with Crippen LogP contribution in [0.15, 0.2) is 12.4 Å². The first-order valence-corrected chi connectivity index (χ1v) is 6.45. The molecule has 1 aromatic heterocycles. The maximum atomic E-state index is 11.5. The van der Waals surface area contributed by atoms with Crippen LogP contribution in [0.3, 0.4) is 0 Å². The lowest BCUT2D eigenvalue weighted by molar-refractivity contribution is -0.149. The van der Waals surface area contributed by atoms with Gasteiger partial charge < -0.3 is 14.7 Å². The summed E-state index contributed by atoms with van der Waals surface area (Å²) in [4.78, 5) is 21.9. The van der Waals surface area contributed by atoms with Gasteiger partial charge in [0.2, 0.25) is 5.88 Å². The maximum Gasteiger partial charge on any atom is 0.311 e. The SMILES string of the molecule is CCC1(C(=O)O)CCCN(c2cncc(OC)n2)C1. The summed E-state index contributed by atoms with van der Waals surface area (Å²) in [5, 5.41) is 9.47. The molecule has 1 atom stereocenters. The van der Waals surface area contributed by atoms with E-state index in [1.54, 1.807) is 6.20 Å². The number of ether oxygens (including phenoxy) is 1. The lowest BCUT2D eigenvalue weighted by Gasteiger charge is -2.39. The van der Waals surface area contributed by atoms with E-state index in [0.717, 1.165) is 13.0 Å². The predicted octanol–water partition coefficient (Wildman–Crippen LogP) is 1.57. The highest BCUT2D eigenvalue weighted by Crippen LogP contribution is 2.35. The fourth-order valence-electron chi connectivity index (χ4n) is 2.53. The van der Waals surface area contributed by atoms with E-state index >= 15 is 0 Å². The number of aromatic nitrogens is 2. The largest absolute Gasteiger partial charge is 0.481 e. The van der Waals surface area contributed by atoms with Crippen LogP contribution < -0.4 is 9.64 Å². The fourth-order valence-corrected chi connectivity index (χ4v) is 2.53. The average molecular weight is 265 g/mol. The van der Waals surface area contributed by atoms with Gasteiger partial charge in [0.15, 0.2) is 5.82 Å². The molecule has 1 fully saturated rings. The Morgan fingerprint density at radius 1 is 1.58 bits per heavy atom. The Morgan fingerprint density at radius 3 is 3.00 bits per heavy atom. The summed E-state index contributed by atoms with van der Waals surface area (Å²) in [7, 11) is 1.54. The Morgan fingerprint density at radius 2 is 2.37 bits per heavy atom. The van der Waals surface area contributed by atoms with Gasteiger partial charge in [-0.05, 0) is 19.3 Å². The van der Waals surface area contributed by atoms with Gasteiger partial charge in [0.1, 0.15) is 0 Å². The van der Waals surface area contributed by atoms with Crippen LogP contribution in [0.4, 0.5) is 5.82 Å². The summed E-state index contributed by atoms with van der Waals surface area (Å²) in [6, 6.07) is 0. The fraction of sp³-hybridized carbons (Fsp3) is 0.615. The van der Waals surface area contributed by atoms with Crippen LogP contribution in [0.25, 0.3) is 0 Å². The molecule has 1 saturated heterocycles. The molecule has 0 amide bonds. The van der Waals surface area contributed by atoms with Gasteiger partial charge in [-0.2, -0.15) is 4.98 Å². The van der Waals surface area contributed by atoms with Crippen LogP contribution in [0.2, 0.25) is 0 Å². The van der Waals surface area contributed by atoms with Crippen LogP contribution in [0.5, 0.6) is 5.88 Å². The minimum Gasteiger partial charge on any atom is -0.481 e. The first kappa shape index (κ1) is 13.6. The molecule has 0 spiro atoms. The summed E-state index contributed by atoms with van der Waals surface area (Å²) < 4.78 is 5.05. The number of aliphatic carboxylic acids is 1. The minimum absolute atomic E-state index is 0.445. The molecule has 2 heterocycles. The molecule has 1 unspecified atom stereocenters. The van der Waals surface area contributed by atoms with Crippen LogP contribution >= 0.6 is 0 Å². The van der Waals surface area contributed by atoms with Crippen LogP contribution in [-0.2, 0) is 4.79 Å². The van der Waals surface area contributed by atoms with E-state index in [2.05, 4.69) is 9.97 Å². The second-order valence-corrected chi connectivity index (χ2v) is 4.88. The number of nitrogens with zero attached hydrogens (tertiary/aromatic N) is 3. The number of piperidine rings is 1. The molecule has 0 saturated carbocycles. The number of carboxylic acid groups (broad SMARTS) is 1. The third kappa shape index (κ3) is 2.62. The molecule has 2 rings (SSSR count). The lowest BCUT2D eigenvalue weighted by atomic mass is 9.77. The molecule has 1 aromatic rings. The van der Waals surface area contributed by atoms with Crippen LogP contribution in [0, 0.1) is 5.41 Å². The van der Waals surface area contributed by atoms with Gasteiger partial charge in [0.25, 0.3) is 0 Å². The first-order chi connectivity index (χ1) is 9.11. The van der Waals surface area contributed by atoms with Crippen molar-refractivity contribution in [1.82, 2.24) is 9.97 Å². The molecule has 0 bridgehead atoms. The van der Waals surface area contributed by atoms with Crippen molar-refractivity contribution in [3.8, 4) is 5.88 Å². The van der Waals surface area contributed by atoms with Gasteiger partial charge >= 0.3 is 5.97 Å². The average Bonchev–Trinajstić information content (AvgIpc) is 2.47. The Hall–Kier alpha value is -1.85. The summed E-state index contributed by atoms with van der Waals surface area (Å²) >= 11 is 0. The van der Waals surface area contributed by atoms with Gasteiger partial charge in [-0.25, -0.2) is 0 Å². The van der Waals surface area contributed by atoms with E-state index in [9.17, 15) is 9.90 Å². The zero-order chi connectivity index (χ0) is 13.9. The van der Waals surface area contributed by atoms with Gasteiger partial charge in [-0.3, -0.25) is 9.78 Å². The molecule has 0 aromatic carbocycles. The molecular weight excluding hydrogens is 246 g/mol. The smallest absolute Gasteiger partial charge is 0.311 e. The molecule has 104 valence electrons. The zero-order valence-corrected chi connectivity index (χ0v) is 11.3. The van der Waals surface area contributed by atoms with Gasteiger partial charge in [-0.15, -0.1) is 0 Å². The Balaban J connectivity index is 2.23. The second kappa shape index (κ2) is 5.42. The van der Waals surface area contributed by atoms with E-state index in [0.29, 0.717) is 31.1 Å². The summed E-state index contributed by atoms with van der Waals surface area (Å²) in [6.45, 7) is 3.20. The predicted molar refractivity (Wildman–Crippen MR) is 70.4 cm³/mol. The highest BCUT2D eigenvalue weighted by molar-refractivity contribution is 5.75. The van der Waals surface area contributed by atoms with Crippen LogP contribution in [0.1, 0.15) is 26.2 Å². The molecule has 6 nitrogen and oxygen atoms in total. The van der Waals surface area contributed by atoms with Crippen molar-refractivity contribution < 1.29 is 14.6 Å². The number of rotatable bonds is 4. The molecule has 19 heavy (non-hydrogen) atoms. The van der Waals surface area contributed by atoms with Crippen molar-refractivity contribution in [3.05, 3.63) is 12.4 Å². The number of hydrogen-bond acceptors (Lipinski definition) is 5. The van der Waals surface area contributed by atoms with Crippen molar-refractivity contribution in [2.24, 2.45) is 5.41 Å². The van der Waals surface area contributed by atoms with E-state index in [-0.39, 0.29) is 0 Å².